The Labute approximate surface area is 158 Å². The molecule has 1 amide bonds. The molecular formula is C20H25N5O2. The predicted molar refractivity (Wildman–Crippen MR) is 103 cm³/mol. The van der Waals surface area contributed by atoms with Gasteiger partial charge in [-0.1, -0.05) is 24.3 Å². The molecule has 0 fully saturated rings. The van der Waals surface area contributed by atoms with Gasteiger partial charge in [0.1, 0.15) is 5.69 Å². The molecule has 0 aliphatic rings. The molecule has 0 saturated carbocycles. The Morgan fingerprint density at radius 3 is 2.67 bits per heavy atom. The zero-order valence-electron chi connectivity index (χ0n) is 16.2. The minimum Gasteiger partial charge on any atom is -0.377 e. The van der Waals surface area contributed by atoms with Gasteiger partial charge >= 0.3 is 0 Å². The number of hydrogen-bond acceptors (Lipinski definition) is 4. The van der Waals surface area contributed by atoms with Gasteiger partial charge in [0.05, 0.1) is 18.0 Å². The average molecular weight is 367 g/mol. The van der Waals surface area contributed by atoms with Crippen molar-refractivity contribution in [3.8, 4) is 11.3 Å². The molecule has 142 valence electrons. The van der Waals surface area contributed by atoms with Crippen LogP contribution >= 0.6 is 0 Å². The number of rotatable bonds is 7. The summed E-state index contributed by atoms with van der Waals surface area (Å²) < 4.78 is 7.31. The van der Waals surface area contributed by atoms with Crippen LogP contribution in [0.25, 0.3) is 11.3 Å². The Balaban J connectivity index is 1.71. The number of aromatic amines is 1. The number of amides is 1. The first-order valence-corrected chi connectivity index (χ1v) is 9.00. The Hall–Kier alpha value is -2.93. The number of nitrogens with one attached hydrogen (secondary N) is 2. The van der Waals surface area contributed by atoms with Crippen molar-refractivity contribution >= 4 is 5.91 Å². The quantitative estimate of drug-likeness (QED) is 0.672. The monoisotopic (exact) mass is 367 g/mol. The molecule has 1 aromatic carbocycles. The molecule has 0 radical (unpaired) electrons. The zero-order valence-corrected chi connectivity index (χ0v) is 16.2. The molecule has 0 aliphatic heterocycles. The third kappa shape index (κ3) is 4.09. The van der Waals surface area contributed by atoms with Crippen LogP contribution in [0.3, 0.4) is 0 Å². The van der Waals surface area contributed by atoms with E-state index in [2.05, 4.69) is 20.6 Å². The van der Waals surface area contributed by atoms with E-state index in [4.69, 9.17) is 4.74 Å². The number of nitrogens with zero attached hydrogens (tertiary/aromatic N) is 3. The topological polar surface area (TPSA) is 84.8 Å². The fraction of sp³-hybridized carbons (Fsp3) is 0.350. The Kier molecular flexibility index (Phi) is 5.71. The van der Waals surface area contributed by atoms with E-state index in [-0.39, 0.29) is 5.91 Å². The summed E-state index contributed by atoms with van der Waals surface area (Å²) in [5.41, 5.74) is 6.11. The van der Waals surface area contributed by atoms with Gasteiger partial charge in [0, 0.05) is 31.5 Å². The van der Waals surface area contributed by atoms with Crippen LogP contribution in [-0.4, -0.2) is 32.5 Å². The second kappa shape index (κ2) is 8.18. The number of hydrogen-bond donors (Lipinski definition) is 2. The molecule has 0 spiro atoms. The van der Waals surface area contributed by atoms with E-state index in [1.807, 2.05) is 56.8 Å². The van der Waals surface area contributed by atoms with Crippen LogP contribution in [0.15, 0.2) is 30.3 Å². The summed E-state index contributed by atoms with van der Waals surface area (Å²) in [5.74, 6) is -0.195. The van der Waals surface area contributed by atoms with Crippen LogP contribution < -0.4 is 5.32 Å². The molecule has 7 heteroatoms. The maximum absolute atomic E-state index is 12.5. The van der Waals surface area contributed by atoms with Crippen molar-refractivity contribution in [1.29, 1.82) is 0 Å². The Morgan fingerprint density at radius 2 is 2.00 bits per heavy atom. The Morgan fingerprint density at radius 1 is 1.26 bits per heavy atom. The predicted octanol–water partition coefficient (Wildman–Crippen LogP) is 2.89. The van der Waals surface area contributed by atoms with Gasteiger partial charge in [-0.25, -0.2) is 0 Å². The first-order chi connectivity index (χ1) is 13.0. The number of carbonyl (C=O) groups is 1. The lowest BCUT2D eigenvalue weighted by Crippen LogP contribution is -2.23. The highest BCUT2D eigenvalue weighted by Gasteiger charge is 2.17. The van der Waals surface area contributed by atoms with Gasteiger partial charge in [0.25, 0.3) is 5.91 Å². The second-order valence-electron chi connectivity index (χ2n) is 6.42. The van der Waals surface area contributed by atoms with E-state index in [9.17, 15) is 4.79 Å². The molecule has 0 unspecified atom stereocenters. The van der Waals surface area contributed by atoms with Gasteiger partial charge < -0.3 is 10.1 Å². The summed E-state index contributed by atoms with van der Waals surface area (Å²) in [6.07, 6.45) is 0. The van der Waals surface area contributed by atoms with Gasteiger partial charge in [-0.3, -0.25) is 14.6 Å². The highest BCUT2D eigenvalue weighted by atomic mass is 16.5. The lowest BCUT2D eigenvalue weighted by molar-refractivity contribution is 0.0944. The zero-order chi connectivity index (χ0) is 19.4. The summed E-state index contributed by atoms with van der Waals surface area (Å²) in [4.78, 5) is 12.5. The number of aromatic nitrogens is 4. The maximum Gasteiger partial charge on any atom is 0.269 e. The fourth-order valence-corrected chi connectivity index (χ4v) is 3.06. The lowest BCUT2D eigenvalue weighted by atomic mass is 10.1. The smallest absolute Gasteiger partial charge is 0.269 e. The van der Waals surface area contributed by atoms with E-state index in [0.717, 1.165) is 33.8 Å². The van der Waals surface area contributed by atoms with Crippen molar-refractivity contribution in [2.45, 2.75) is 33.9 Å². The summed E-state index contributed by atoms with van der Waals surface area (Å²) in [7, 11) is 1.89. The summed E-state index contributed by atoms with van der Waals surface area (Å²) in [6, 6.07) is 9.70. The molecular weight excluding hydrogens is 342 g/mol. The molecule has 0 aliphatic carbocycles. The third-order valence-corrected chi connectivity index (χ3v) is 4.61. The average Bonchev–Trinajstić information content (AvgIpc) is 3.23. The van der Waals surface area contributed by atoms with Gasteiger partial charge in [-0.05, 0) is 38.0 Å². The van der Waals surface area contributed by atoms with Gasteiger partial charge in [-0.2, -0.15) is 10.2 Å². The van der Waals surface area contributed by atoms with Crippen molar-refractivity contribution in [1.82, 2.24) is 25.3 Å². The SMILES string of the molecule is CCOCc1ccccc1CNC(=O)c1cc(-c2c(C)nn(C)c2C)n[nH]1. The maximum atomic E-state index is 12.5. The van der Waals surface area contributed by atoms with Crippen molar-refractivity contribution < 1.29 is 9.53 Å². The minimum atomic E-state index is -0.195. The molecule has 7 nitrogen and oxygen atoms in total. The molecule has 27 heavy (non-hydrogen) atoms. The molecule has 2 aromatic heterocycles. The van der Waals surface area contributed by atoms with E-state index < -0.39 is 0 Å². The van der Waals surface area contributed by atoms with Gasteiger partial charge in [0.2, 0.25) is 0 Å². The first-order valence-electron chi connectivity index (χ1n) is 9.00. The lowest BCUT2D eigenvalue weighted by Gasteiger charge is -2.10. The molecule has 0 atom stereocenters. The van der Waals surface area contributed by atoms with Crippen LogP contribution in [0.5, 0.6) is 0 Å². The van der Waals surface area contributed by atoms with Crippen molar-refractivity contribution in [3.05, 3.63) is 58.5 Å². The molecule has 0 bridgehead atoms. The largest absolute Gasteiger partial charge is 0.377 e. The van der Waals surface area contributed by atoms with E-state index >= 15 is 0 Å². The molecule has 3 rings (SSSR count). The Bertz CT molecular complexity index is 942. The molecule has 0 saturated heterocycles. The van der Waals surface area contributed by atoms with Crippen LogP contribution in [0.4, 0.5) is 0 Å². The fourth-order valence-electron chi connectivity index (χ4n) is 3.06. The number of benzene rings is 1. The van der Waals surface area contributed by atoms with Crippen molar-refractivity contribution in [2.24, 2.45) is 7.05 Å². The standard InChI is InChI=1S/C20H25N5O2/c1-5-27-12-16-9-7-6-8-15(16)11-21-20(26)18-10-17(22-23-18)19-13(2)24-25(4)14(19)3/h6-10H,5,11-12H2,1-4H3,(H,21,26)(H,22,23). The normalized spacial score (nSPS) is 11.0. The van der Waals surface area contributed by atoms with Gasteiger partial charge in [0.15, 0.2) is 0 Å². The van der Waals surface area contributed by atoms with E-state index in [1.54, 1.807) is 6.07 Å². The van der Waals surface area contributed by atoms with E-state index in [0.29, 0.717) is 25.5 Å². The summed E-state index contributed by atoms with van der Waals surface area (Å²) in [6.45, 7) is 7.51. The highest BCUT2D eigenvalue weighted by Crippen LogP contribution is 2.25. The van der Waals surface area contributed by atoms with E-state index in [1.165, 1.54) is 0 Å². The van der Waals surface area contributed by atoms with Crippen LogP contribution in [0.1, 0.15) is 39.9 Å². The molecule has 2 N–H and O–H groups in total. The summed E-state index contributed by atoms with van der Waals surface area (Å²) >= 11 is 0. The second-order valence-corrected chi connectivity index (χ2v) is 6.42. The minimum absolute atomic E-state index is 0.195. The molecule has 3 aromatic rings. The van der Waals surface area contributed by atoms with Crippen LogP contribution in [0.2, 0.25) is 0 Å². The van der Waals surface area contributed by atoms with Crippen molar-refractivity contribution in [2.75, 3.05) is 6.61 Å². The number of aryl methyl sites for hydroxylation is 2. The summed E-state index contributed by atoms with van der Waals surface area (Å²) in [5, 5.41) is 14.5. The van der Waals surface area contributed by atoms with Crippen molar-refractivity contribution in [3.63, 3.8) is 0 Å². The number of ether oxygens (including phenoxy) is 1. The van der Waals surface area contributed by atoms with Gasteiger partial charge in [-0.15, -0.1) is 0 Å². The van der Waals surface area contributed by atoms with Crippen LogP contribution in [-0.2, 0) is 24.9 Å². The highest BCUT2D eigenvalue weighted by molar-refractivity contribution is 5.93. The number of H-pyrrole nitrogens is 1. The first kappa shape index (κ1) is 18.8. The molecule has 2 heterocycles. The van der Waals surface area contributed by atoms with Crippen LogP contribution in [0, 0.1) is 13.8 Å². The number of carbonyl (C=O) groups excluding carboxylic acids is 1. The third-order valence-electron chi connectivity index (χ3n) is 4.61.